The number of allylic oxidation sites excluding steroid dienone is 2. The van der Waals surface area contributed by atoms with Crippen LogP contribution in [0.25, 0.3) is 11.1 Å². The van der Waals surface area contributed by atoms with Gasteiger partial charge in [0.1, 0.15) is 0 Å². The topological polar surface area (TPSA) is 46.2 Å². The van der Waals surface area contributed by atoms with E-state index in [0.29, 0.717) is 19.3 Å². The van der Waals surface area contributed by atoms with E-state index in [2.05, 4.69) is 86.8 Å². The molecule has 0 saturated heterocycles. The van der Waals surface area contributed by atoms with Gasteiger partial charge in [0.25, 0.3) is 0 Å². The number of ketones is 1. The van der Waals surface area contributed by atoms with Gasteiger partial charge >= 0.3 is 0 Å². The maximum absolute atomic E-state index is 13.4. The van der Waals surface area contributed by atoms with Gasteiger partial charge in [0, 0.05) is 30.0 Å². The van der Waals surface area contributed by atoms with Crippen LogP contribution in [0.15, 0.2) is 90.1 Å². The van der Waals surface area contributed by atoms with E-state index in [-0.39, 0.29) is 28.9 Å². The molecule has 1 aliphatic heterocycles. The maximum Gasteiger partial charge on any atom is 0.225 e. The van der Waals surface area contributed by atoms with Gasteiger partial charge in [-0.3, -0.25) is 9.59 Å². The first kappa shape index (κ1) is 22.3. The second-order valence-corrected chi connectivity index (χ2v) is 10.6. The Morgan fingerprint density at radius 1 is 0.706 bits per heavy atom. The molecular formula is C31H31NO2. The molecule has 0 radical (unpaired) electrons. The van der Waals surface area contributed by atoms with Crippen molar-refractivity contribution in [2.45, 2.75) is 57.3 Å². The summed E-state index contributed by atoms with van der Waals surface area (Å²) in [5.41, 5.74) is 7.47. The van der Waals surface area contributed by atoms with Crippen molar-refractivity contribution < 1.29 is 9.59 Å². The van der Waals surface area contributed by atoms with E-state index >= 15 is 0 Å². The second kappa shape index (κ2) is 8.72. The number of hydrogen-bond donors (Lipinski definition) is 1. The van der Waals surface area contributed by atoms with Crippen molar-refractivity contribution in [1.82, 2.24) is 5.32 Å². The standard InChI is InChI=1S/C31H31NO2/c1-31(2,3)25-15-13-22(14-16-25)24-17-27-30(28(33)18-24)26(19-29(34)32-27)23-11-9-21(10-12-23)20-7-5-4-6-8-20/h4-16,24,26H,17-19H2,1-3H3,(H,32,34). The molecule has 3 aromatic rings. The Balaban J connectivity index is 1.42. The Kier molecular flexibility index (Phi) is 5.73. The number of benzene rings is 3. The van der Waals surface area contributed by atoms with Gasteiger partial charge in [-0.2, -0.15) is 0 Å². The highest BCUT2D eigenvalue weighted by molar-refractivity contribution is 6.02. The molecule has 3 heteroatoms. The summed E-state index contributed by atoms with van der Waals surface area (Å²) in [6, 6.07) is 27.2. The highest BCUT2D eigenvalue weighted by Gasteiger charge is 2.38. The number of amides is 1. The third kappa shape index (κ3) is 4.35. The van der Waals surface area contributed by atoms with Crippen LogP contribution < -0.4 is 5.32 Å². The lowest BCUT2D eigenvalue weighted by molar-refractivity contribution is -0.122. The molecule has 3 aromatic carbocycles. The number of hydrogen-bond acceptors (Lipinski definition) is 2. The van der Waals surface area contributed by atoms with Crippen LogP contribution in [0.2, 0.25) is 0 Å². The molecule has 172 valence electrons. The molecule has 0 bridgehead atoms. The molecule has 3 nitrogen and oxygen atoms in total. The minimum Gasteiger partial charge on any atom is -0.329 e. The Bertz CT molecular complexity index is 1250. The molecule has 5 rings (SSSR count). The molecule has 1 heterocycles. The molecule has 0 aromatic heterocycles. The highest BCUT2D eigenvalue weighted by Crippen LogP contribution is 2.43. The maximum atomic E-state index is 13.4. The van der Waals surface area contributed by atoms with E-state index in [0.717, 1.165) is 33.5 Å². The lowest BCUT2D eigenvalue weighted by Gasteiger charge is -2.34. The lowest BCUT2D eigenvalue weighted by atomic mass is 9.73. The van der Waals surface area contributed by atoms with Crippen LogP contribution in [0.1, 0.15) is 68.6 Å². The van der Waals surface area contributed by atoms with Crippen molar-refractivity contribution in [2.75, 3.05) is 0 Å². The van der Waals surface area contributed by atoms with Crippen LogP contribution in [0.5, 0.6) is 0 Å². The summed E-state index contributed by atoms with van der Waals surface area (Å²) in [6.07, 6.45) is 1.50. The average Bonchev–Trinajstić information content (AvgIpc) is 2.83. The summed E-state index contributed by atoms with van der Waals surface area (Å²) in [4.78, 5) is 26.0. The van der Waals surface area contributed by atoms with Crippen molar-refractivity contribution >= 4 is 11.7 Å². The van der Waals surface area contributed by atoms with Crippen LogP contribution in [0.4, 0.5) is 0 Å². The number of carbonyl (C=O) groups excluding carboxylic acids is 2. The lowest BCUT2D eigenvalue weighted by Crippen LogP contribution is -2.38. The molecule has 1 N–H and O–H groups in total. The largest absolute Gasteiger partial charge is 0.329 e. The summed E-state index contributed by atoms with van der Waals surface area (Å²) in [5, 5.41) is 3.04. The van der Waals surface area contributed by atoms with Crippen LogP contribution in [0, 0.1) is 0 Å². The molecule has 1 amide bonds. The summed E-state index contributed by atoms with van der Waals surface area (Å²) < 4.78 is 0. The second-order valence-electron chi connectivity index (χ2n) is 10.6. The predicted molar refractivity (Wildman–Crippen MR) is 137 cm³/mol. The predicted octanol–water partition coefficient (Wildman–Crippen LogP) is 6.66. The molecule has 34 heavy (non-hydrogen) atoms. The zero-order chi connectivity index (χ0) is 23.9. The fourth-order valence-corrected chi connectivity index (χ4v) is 5.27. The molecule has 1 aliphatic carbocycles. The van der Waals surface area contributed by atoms with Crippen molar-refractivity contribution in [3.63, 3.8) is 0 Å². The molecule has 2 unspecified atom stereocenters. The van der Waals surface area contributed by atoms with E-state index in [9.17, 15) is 9.59 Å². The molecule has 0 fully saturated rings. The van der Waals surface area contributed by atoms with E-state index in [1.54, 1.807) is 0 Å². The van der Waals surface area contributed by atoms with E-state index in [1.807, 2.05) is 18.2 Å². The van der Waals surface area contributed by atoms with Gasteiger partial charge in [-0.05, 0) is 45.6 Å². The van der Waals surface area contributed by atoms with Crippen LogP contribution in [-0.2, 0) is 15.0 Å². The van der Waals surface area contributed by atoms with E-state index < -0.39 is 0 Å². The first-order valence-corrected chi connectivity index (χ1v) is 12.1. The minimum atomic E-state index is -0.176. The van der Waals surface area contributed by atoms with E-state index in [1.165, 1.54) is 5.56 Å². The fraction of sp³-hybridized carbons (Fsp3) is 0.290. The van der Waals surface area contributed by atoms with Crippen molar-refractivity contribution in [3.8, 4) is 11.1 Å². The smallest absolute Gasteiger partial charge is 0.225 e. The van der Waals surface area contributed by atoms with E-state index in [4.69, 9.17) is 0 Å². The van der Waals surface area contributed by atoms with Gasteiger partial charge in [-0.1, -0.05) is 99.6 Å². The van der Waals surface area contributed by atoms with Crippen molar-refractivity contribution in [1.29, 1.82) is 0 Å². The highest BCUT2D eigenvalue weighted by atomic mass is 16.2. The number of rotatable bonds is 3. The van der Waals surface area contributed by atoms with Gasteiger partial charge in [0.15, 0.2) is 5.78 Å². The van der Waals surface area contributed by atoms with Crippen LogP contribution in [0.3, 0.4) is 0 Å². The summed E-state index contributed by atoms with van der Waals surface area (Å²) in [7, 11) is 0. The molecule has 2 aliphatic rings. The Morgan fingerprint density at radius 2 is 1.32 bits per heavy atom. The summed E-state index contributed by atoms with van der Waals surface area (Å²) in [6.45, 7) is 6.61. The van der Waals surface area contributed by atoms with Crippen LogP contribution >= 0.6 is 0 Å². The van der Waals surface area contributed by atoms with Gasteiger partial charge in [-0.25, -0.2) is 0 Å². The first-order valence-electron chi connectivity index (χ1n) is 12.1. The fourth-order valence-electron chi connectivity index (χ4n) is 5.27. The third-order valence-electron chi connectivity index (χ3n) is 7.20. The zero-order valence-corrected chi connectivity index (χ0v) is 20.1. The number of Topliss-reactive ketones (excluding diaryl/α,β-unsaturated/α-hetero) is 1. The van der Waals surface area contributed by atoms with Crippen molar-refractivity contribution in [2.24, 2.45) is 0 Å². The monoisotopic (exact) mass is 449 g/mol. The van der Waals surface area contributed by atoms with Crippen molar-refractivity contribution in [3.05, 3.63) is 107 Å². The van der Waals surface area contributed by atoms with Gasteiger partial charge in [0.2, 0.25) is 5.91 Å². The zero-order valence-electron chi connectivity index (χ0n) is 20.1. The molecular weight excluding hydrogens is 418 g/mol. The Labute approximate surface area is 201 Å². The van der Waals surface area contributed by atoms with Crippen LogP contribution in [-0.4, -0.2) is 11.7 Å². The first-order chi connectivity index (χ1) is 16.3. The van der Waals surface area contributed by atoms with Gasteiger partial charge < -0.3 is 5.32 Å². The SMILES string of the molecule is CC(C)(C)c1ccc(C2CC(=O)C3=C(C2)NC(=O)CC3c2ccc(-c3ccccc3)cc2)cc1. The average molecular weight is 450 g/mol. The summed E-state index contributed by atoms with van der Waals surface area (Å²) in [5.74, 6) is 0.0702. The quantitative estimate of drug-likeness (QED) is 0.486. The normalized spacial score (nSPS) is 20.7. The number of carbonyl (C=O) groups is 2. The summed E-state index contributed by atoms with van der Waals surface area (Å²) >= 11 is 0. The van der Waals surface area contributed by atoms with Gasteiger partial charge in [0.05, 0.1) is 0 Å². The molecule has 0 spiro atoms. The third-order valence-corrected chi connectivity index (χ3v) is 7.20. The molecule has 0 saturated carbocycles. The minimum absolute atomic E-state index is 0.00702. The molecule has 2 atom stereocenters. The number of nitrogens with one attached hydrogen (secondary N) is 1. The Hall–Kier alpha value is -3.46. The Morgan fingerprint density at radius 3 is 1.97 bits per heavy atom. The van der Waals surface area contributed by atoms with Gasteiger partial charge in [-0.15, -0.1) is 0 Å².